The molecule has 27 heavy (non-hydrogen) atoms. The molecule has 1 aromatic heterocycles. The molecule has 1 aliphatic rings. The van der Waals surface area contributed by atoms with E-state index >= 15 is 0 Å². The van der Waals surface area contributed by atoms with Gasteiger partial charge in [-0.05, 0) is 51.5 Å². The first-order valence-electron chi connectivity index (χ1n) is 9.23. The smallest absolute Gasteiger partial charge is 0.191 e. The van der Waals surface area contributed by atoms with Crippen molar-refractivity contribution in [1.82, 2.24) is 20.4 Å². The number of guanidine groups is 1. The average molecular weight is 499 g/mol. The highest BCUT2D eigenvalue weighted by atomic mass is 127. The number of benzene rings is 1. The van der Waals surface area contributed by atoms with E-state index in [4.69, 9.17) is 5.10 Å². The lowest BCUT2D eigenvalue weighted by Crippen LogP contribution is -2.42. The summed E-state index contributed by atoms with van der Waals surface area (Å²) in [4.78, 5) is 4.40. The fourth-order valence-electron chi connectivity index (χ4n) is 3.60. The van der Waals surface area contributed by atoms with Crippen LogP contribution in [0.15, 0.2) is 35.3 Å². The minimum atomic E-state index is 0. The third-order valence-corrected chi connectivity index (χ3v) is 6.25. The fraction of sp³-hybridized carbons (Fsp3) is 0.500. The highest BCUT2D eigenvalue weighted by Crippen LogP contribution is 2.28. The molecule has 0 aliphatic heterocycles. The molecule has 0 saturated heterocycles. The van der Waals surface area contributed by atoms with Crippen LogP contribution in [0.25, 0.3) is 5.69 Å². The summed E-state index contributed by atoms with van der Waals surface area (Å²) in [6.07, 6.45) is 5.93. The van der Waals surface area contributed by atoms with Gasteiger partial charge in [0.05, 0.1) is 11.4 Å². The first-order chi connectivity index (χ1) is 12.6. The van der Waals surface area contributed by atoms with Crippen LogP contribution >= 0.6 is 35.7 Å². The molecule has 0 radical (unpaired) electrons. The number of hydrogen-bond acceptors (Lipinski definition) is 3. The van der Waals surface area contributed by atoms with Gasteiger partial charge in [-0.2, -0.15) is 16.9 Å². The molecule has 1 saturated carbocycles. The van der Waals surface area contributed by atoms with Gasteiger partial charge >= 0.3 is 0 Å². The van der Waals surface area contributed by atoms with Crippen LogP contribution in [0.2, 0.25) is 0 Å². The second-order valence-corrected chi connectivity index (χ2v) is 7.97. The summed E-state index contributed by atoms with van der Waals surface area (Å²) in [5, 5.41) is 12.5. The van der Waals surface area contributed by atoms with Gasteiger partial charge in [-0.1, -0.05) is 18.2 Å². The van der Waals surface area contributed by atoms with Gasteiger partial charge in [-0.15, -0.1) is 24.0 Å². The van der Waals surface area contributed by atoms with E-state index in [1.54, 1.807) is 0 Å². The van der Waals surface area contributed by atoms with Gasteiger partial charge in [0.1, 0.15) is 0 Å². The number of nitrogens with one attached hydrogen (secondary N) is 2. The van der Waals surface area contributed by atoms with Crippen LogP contribution in [-0.2, 0) is 6.54 Å². The summed E-state index contributed by atoms with van der Waals surface area (Å²) in [5.74, 6) is 0.878. The third kappa shape index (κ3) is 5.40. The number of nitrogens with zero attached hydrogens (tertiary/aromatic N) is 3. The molecule has 2 aromatic rings. The molecule has 2 unspecified atom stereocenters. The summed E-state index contributed by atoms with van der Waals surface area (Å²) in [6.45, 7) is 4.92. The lowest BCUT2D eigenvalue weighted by atomic mass is 10.2. The molecular formula is C20H30IN5S. The standard InChI is InChI=1S/C20H29N5S.HI/c1-14-19(15(2)25(24-14)17-8-6-5-7-9-17)13-22-20(21-3)23-16-10-11-18(12-16)26-4;/h5-9,16,18H,10-13H2,1-4H3,(H2,21,22,23);1H. The molecule has 7 heteroatoms. The monoisotopic (exact) mass is 499 g/mol. The van der Waals surface area contributed by atoms with E-state index in [2.05, 4.69) is 47.9 Å². The van der Waals surface area contributed by atoms with Crippen molar-refractivity contribution < 1.29 is 0 Å². The van der Waals surface area contributed by atoms with Crippen molar-refractivity contribution in [3.63, 3.8) is 0 Å². The fourth-order valence-corrected chi connectivity index (χ4v) is 4.39. The molecule has 5 nitrogen and oxygen atoms in total. The highest BCUT2D eigenvalue weighted by Gasteiger charge is 2.24. The second kappa shape index (κ2) is 10.4. The van der Waals surface area contributed by atoms with Crippen LogP contribution in [0.4, 0.5) is 0 Å². The molecule has 0 spiro atoms. The Morgan fingerprint density at radius 3 is 2.63 bits per heavy atom. The first kappa shape index (κ1) is 22.1. The van der Waals surface area contributed by atoms with Crippen LogP contribution in [0.1, 0.15) is 36.2 Å². The Hall–Kier alpha value is -1.22. The number of hydrogen-bond donors (Lipinski definition) is 2. The normalized spacial score (nSPS) is 19.6. The second-order valence-electron chi connectivity index (χ2n) is 6.83. The predicted octanol–water partition coefficient (Wildman–Crippen LogP) is 4.06. The summed E-state index contributed by atoms with van der Waals surface area (Å²) in [6, 6.07) is 10.8. The van der Waals surface area contributed by atoms with E-state index in [0.29, 0.717) is 6.04 Å². The zero-order chi connectivity index (χ0) is 18.5. The number of aliphatic imine (C=N–C) groups is 1. The molecule has 148 valence electrons. The minimum Gasteiger partial charge on any atom is -0.354 e. The maximum absolute atomic E-state index is 4.72. The number of rotatable bonds is 5. The Morgan fingerprint density at radius 1 is 1.26 bits per heavy atom. The highest BCUT2D eigenvalue weighted by molar-refractivity contribution is 14.0. The van der Waals surface area contributed by atoms with E-state index < -0.39 is 0 Å². The van der Waals surface area contributed by atoms with Gasteiger partial charge in [0.15, 0.2) is 5.96 Å². The summed E-state index contributed by atoms with van der Waals surface area (Å²) >= 11 is 1.97. The largest absolute Gasteiger partial charge is 0.354 e. The molecule has 0 bridgehead atoms. The van der Waals surface area contributed by atoms with Crippen LogP contribution < -0.4 is 10.6 Å². The quantitative estimate of drug-likeness (QED) is 0.370. The SMILES string of the molecule is CN=C(NCc1c(C)nn(-c2ccccc2)c1C)NC1CCC(SC)C1.I. The van der Waals surface area contributed by atoms with Crippen molar-refractivity contribution >= 4 is 41.7 Å². The van der Waals surface area contributed by atoms with Crippen molar-refractivity contribution in [3.05, 3.63) is 47.3 Å². The van der Waals surface area contributed by atoms with E-state index in [1.165, 1.54) is 30.5 Å². The van der Waals surface area contributed by atoms with Gasteiger partial charge in [0.25, 0.3) is 0 Å². The lowest BCUT2D eigenvalue weighted by Gasteiger charge is -2.17. The Balaban J connectivity index is 0.00000261. The molecule has 1 aromatic carbocycles. The molecular weight excluding hydrogens is 469 g/mol. The van der Waals surface area contributed by atoms with Gasteiger partial charge in [0.2, 0.25) is 0 Å². The number of aromatic nitrogens is 2. The van der Waals surface area contributed by atoms with Crippen molar-refractivity contribution in [2.45, 2.75) is 50.9 Å². The maximum atomic E-state index is 4.72. The zero-order valence-corrected chi connectivity index (χ0v) is 19.7. The number of halogens is 1. The topological polar surface area (TPSA) is 54.2 Å². The molecule has 3 rings (SSSR count). The maximum Gasteiger partial charge on any atom is 0.191 e. The predicted molar refractivity (Wildman–Crippen MR) is 127 cm³/mol. The van der Waals surface area contributed by atoms with Crippen LogP contribution in [-0.4, -0.2) is 40.3 Å². The van der Waals surface area contributed by atoms with Gasteiger partial charge in [0, 0.05) is 36.1 Å². The third-order valence-electron chi connectivity index (χ3n) is 5.16. The van der Waals surface area contributed by atoms with Crippen LogP contribution in [0, 0.1) is 13.8 Å². The van der Waals surface area contributed by atoms with E-state index in [0.717, 1.165) is 29.1 Å². The van der Waals surface area contributed by atoms with Crippen LogP contribution in [0.3, 0.4) is 0 Å². The van der Waals surface area contributed by atoms with E-state index in [-0.39, 0.29) is 24.0 Å². The molecule has 1 aliphatic carbocycles. The first-order valence-corrected chi connectivity index (χ1v) is 10.5. The molecule has 2 atom stereocenters. The van der Waals surface area contributed by atoms with Gasteiger partial charge < -0.3 is 10.6 Å². The Morgan fingerprint density at radius 2 is 2.00 bits per heavy atom. The van der Waals surface area contributed by atoms with Gasteiger partial charge in [-0.25, -0.2) is 4.68 Å². The number of para-hydroxylation sites is 1. The van der Waals surface area contributed by atoms with Gasteiger partial charge in [-0.3, -0.25) is 4.99 Å². The number of aryl methyl sites for hydroxylation is 1. The molecule has 1 heterocycles. The van der Waals surface area contributed by atoms with Crippen molar-refractivity contribution in [3.8, 4) is 5.69 Å². The summed E-state index contributed by atoms with van der Waals surface area (Å²) in [5.41, 5.74) is 4.54. The molecule has 2 N–H and O–H groups in total. The Labute approximate surface area is 183 Å². The minimum absolute atomic E-state index is 0. The summed E-state index contributed by atoms with van der Waals surface area (Å²) in [7, 11) is 1.84. The van der Waals surface area contributed by atoms with E-state index in [9.17, 15) is 0 Å². The molecule has 0 amide bonds. The Kier molecular flexibility index (Phi) is 8.47. The lowest BCUT2D eigenvalue weighted by molar-refractivity contribution is 0.614. The Bertz CT molecular complexity index is 759. The number of thioether (sulfide) groups is 1. The van der Waals surface area contributed by atoms with Crippen LogP contribution in [0.5, 0.6) is 0 Å². The van der Waals surface area contributed by atoms with Crippen molar-refractivity contribution in [1.29, 1.82) is 0 Å². The van der Waals surface area contributed by atoms with Crippen molar-refractivity contribution in [2.24, 2.45) is 4.99 Å². The summed E-state index contributed by atoms with van der Waals surface area (Å²) < 4.78 is 2.02. The molecule has 1 fully saturated rings. The zero-order valence-electron chi connectivity index (χ0n) is 16.5. The van der Waals surface area contributed by atoms with E-state index in [1.807, 2.05) is 41.7 Å². The van der Waals surface area contributed by atoms with Crippen molar-refractivity contribution in [2.75, 3.05) is 13.3 Å². The average Bonchev–Trinajstić information content (AvgIpc) is 3.24.